The second-order valence-corrected chi connectivity index (χ2v) is 3.57. The molecule has 0 aliphatic heterocycles. The minimum Gasteiger partial charge on any atom is -0.476 e. The van der Waals surface area contributed by atoms with E-state index in [9.17, 15) is 9.59 Å². The number of amides is 1. The summed E-state index contributed by atoms with van der Waals surface area (Å²) in [6.45, 7) is 3.25. The van der Waals surface area contributed by atoms with Crippen molar-refractivity contribution in [1.29, 1.82) is 0 Å². The third-order valence-corrected chi connectivity index (χ3v) is 2.00. The summed E-state index contributed by atoms with van der Waals surface area (Å²) >= 11 is 0. The highest BCUT2D eigenvalue weighted by atomic mass is 16.5. The van der Waals surface area contributed by atoms with E-state index in [4.69, 9.17) is 9.84 Å². The maximum absolute atomic E-state index is 11.2. The van der Waals surface area contributed by atoms with Gasteiger partial charge >= 0.3 is 5.97 Å². The lowest BCUT2D eigenvalue weighted by atomic mass is 10.5. The monoisotopic (exact) mass is 256 g/mol. The maximum atomic E-state index is 11.2. The van der Waals surface area contributed by atoms with Crippen LogP contribution in [0.2, 0.25) is 0 Å². The van der Waals surface area contributed by atoms with Gasteiger partial charge in [-0.3, -0.25) is 4.79 Å². The van der Waals surface area contributed by atoms with E-state index in [0.29, 0.717) is 19.7 Å². The molecule has 0 saturated heterocycles. The van der Waals surface area contributed by atoms with Crippen molar-refractivity contribution < 1.29 is 19.4 Å². The van der Waals surface area contributed by atoms with Gasteiger partial charge in [-0.25, -0.2) is 9.48 Å². The SMILES string of the molecule is CCCOCC(=O)NCCn1cc(C(=O)O)nn1. The molecule has 8 nitrogen and oxygen atoms in total. The van der Waals surface area contributed by atoms with Gasteiger partial charge < -0.3 is 15.2 Å². The number of nitrogens with zero attached hydrogens (tertiary/aromatic N) is 3. The van der Waals surface area contributed by atoms with E-state index in [1.165, 1.54) is 10.9 Å². The number of aromatic carboxylic acids is 1. The smallest absolute Gasteiger partial charge is 0.358 e. The Bertz CT molecular complexity index is 404. The van der Waals surface area contributed by atoms with Gasteiger partial charge in [0.1, 0.15) is 6.61 Å². The summed E-state index contributed by atoms with van der Waals surface area (Å²) in [6, 6.07) is 0. The van der Waals surface area contributed by atoms with Crippen molar-refractivity contribution >= 4 is 11.9 Å². The van der Waals surface area contributed by atoms with Crippen molar-refractivity contribution in [3.05, 3.63) is 11.9 Å². The first-order valence-electron chi connectivity index (χ1n) is 5.61. The molecular formula is C10H16N4O4. The van der Waals surface area contributed by atoms with Crippen LogP contribution in [0.3, 0.4) is 0 Å². The fourth-order valence-electron chi connectivity index (χ4n) is 1.18. The van der Waals surface area contributed by atoms with Crippen LogP contribution in [0, 0.1) is 0 Å². The van der Waals surface area contributed by atoms with Crippen molar-refractivity contribution in [3.8, 4) is 0 Å². The Balaban J connectivity index is 2.20. The molecule has 0 saturated carbocycles. The number of carboxylic acid groups (broad SMARTS) is 1. The van der Waals surface area contributed by atoms with Gasteiger partial charge in [0, 0.05) is 13.2 Å². The Morgan fingerprint density at radius 1 is 1.56 bits per heavy atom. The summed E-state index contributed by atoms with van der Waals surface area (Å²) in [5, 5.41) is 18.3. The van der Waals surface area contributed by atoms with Crippen LogP contribution in [0.5, 0.6) is 0 Å². The van der Waals surface area contributed by atoms with Crippen LogP contribution in [0.1, 0.15) is 23.8 Å². The van der Waals surface area contributed by atoms with Crippen molar-refractivity contribution in [2.45, 2.75) is 19.9 Å². The number of aromatic nitrogens is 3. The van der Waals surface area contributed by atoms with Crippen LogP contribution < -0.4 is 5.32 Å². The molecule has 0 aromatic carbocycles. The van der Waals surface area contributed by atoms with Crippen LogP contribution in [0.25, 0.3) is 0 Å². The molecule has 0 unspecified atom stereocenters. The van der Waals surface area contributed by atoms with Crippen LogP contribution in [-0.2, 0) is 16.1 Å². The van der Waals surface area contributed by atoms with E-state index in [1.54, 1.807) is 0 Å². The van der Waals surface area contributed by atoms with Crippen LogP contribution in [0.4, 0.5) is 0 Å². The molecule has 1 rings (SSSR count). The lowest BCUT2D eigenvalue weighted by molar-refractivity contribution is -0.125. The summed E-state index contributed by atoms with van der Waals surface area (Å²) in [5.74, 6) is -1.33. The largest absolute Gasteiger partial charge is 0.476 e. The van der Waals surface area contributed by atoms with Crippen molar-refractivity contribution in [2.75, 3.05) is 19.8 Å². The number of ether oxygens (including phenoxy) is 1. The zero-order valence-corrected chi connectivity index (χ0v) is 10.1. The summed E-state index contributed by atoms with van der Waals surface area (Å²) in [4.78, 5) is 21.8. The molecule has 0 aliphatic rings. The van der Waals surface area contributed by atoms with Gasteiger partial charge in [0.25, 0.3) is 0 Å². The fourth-order valence-corrected chi connectivity index (χ4v) is 1.18. The third-order valence-electron chi connectivity index (χ3n) is 2.00. The molecule has 1 aromatic rings. The molecule has 0 bridgehead atoms. The van der Waals surface area contributed by atoms with Gasteiger partial charge in [-0.1, -0.05) is 12.1 Å². The Hall–Kier alpha value is -1.96. The molecule has 2 N–H and O–H groups in total. The summed E-state index contributed by atoms with van der Waals surface area (Å²) in [5.41, 5.74) is -0.118. The minimum atomic E-state index is -1.13. The van der Waals surface area contributed by atoms with Gasteiger partial charge in [-0.15, -0.1) is 5.10 Å². The number of hydrogen-bond acceptors (Lipinski definition) is 5. The molecule has 0 fully saturated rings. The molecule has 0 aliphatic carbocycles. The van der Waals surface area contributed by atoms with Gasteiger partial charge in [-0.05, 0) is 6.42 Å². The van der Waals surface area contributed by atoms with Crippen LogP contribution in [-0.4, -0.2) is 51.7 Å². The predicted molar refractivity (Wildman–Crippen MR) is 61.1 cm³/mol. The Labute approximate surface area is 104 Å². The first-order valence-corrected chi connectivity index (χ1v) is 5.61. The van der Waals surface area contributed by atoms with E-state index < -0.39 is 5.97 Å². The van der Waals surface area contributed by atoms with E-state index in [1.807, 2.05) is 6.92 Å². The number of hydrogen-bond donors (Lipinski definition) is 2. The van der Waals surface area contributed by atoms with Crippen LogP contribution in [0.15, 0.2) is 6.20 Å². The standard InChI is InChI=1S/C10H16N4O4/c1-2-5-18-7-9(15)11-3-4-14-6-8(10(16)17)12-13-14/h6H,2-5,7H2,1H3,(H,11,15)(H,16,17). The number of carbonyl (C=O) groups is 2. The Morgan fingerprint density at radius 3 is 2.94 bits per heavy atom. The first kappa shape index (κ1) is 14.1. The summed E-state index contributed by atoms with van der Waals surface area (Å²) < 4.78 is 6.42. The number of rotatable bonds is 8. The number of nitrogens with one attached hydrogen (secondary N) is 1. The predicted octanol–water partition coefficient (Wildman–Crippen LogP) is -0.481. The molecule has 1 aromatic heterocycles. The highest BCUT2D eigenvalue weighted by Crippen LogP contribution is 1.91. The highest BCUT2D eigenvalue weighted by molar-refractivity contribution is 5.84. The minimum absolute atomic E-state index is 0.0333. The second-order valence-electron chi connectivity index (χ2n) is 3.57. The average molecular weight is 256 g/mol. The molecule has 0 atom stereocenters. The number of carboxylic acids is 1. The van der Waals surface area contributed by atoms with Crippen molar-refractivity contribution in [2.24, 2.45) is 0 Å². The summed E-state index contributed by atoms with van der Waals surface area (Å²) in [7, 11) is 0. The molecule has 0 radical (unpaired) electrons. The normalized spacial score (nSPS) is 10.3. The average Bonchev–Trinajstić information content (AvgIpc) is 2.78. The number of carbonyl (C=O) groups excluding carboxylic acids is 1. The zero-order chi connectivity index (χ0) is 13.4. The van der Waals surface area contributed by atoms with Crippen LogP contribution >= 0.6 is 0 Å². The maximum Gasteiger partial charge on any atom is 0.358 e. The van der Waals surface area contributed by atoms with Crippen molar-refractivity contribution in [3.63, 3.8) is 0 Å². The van der Waals surface area contributed by atoms with Crippen molar-refractivity contribution in [1.82, 2.24) is 20.3 Å². The molecule has 8 heteroatoms. The van der Waals surface area contributed by atoms with Gasteiger partial charge in [-0.2, -0.15) is 0 Å². The molecule has 1 amide bonds. The lowest BCUT2D eigenvalue weighted by Gasteiger charge is -2.05. The quantitative estimate of drug-likeness (QED) is 0.608. The topological polar surface area (TPSA) is 106 Å². The Kier molecular flexibility index (Phi) is 5.78. The summed E-state index contributed by atoms with van der Waals surface area (Å²) in [6.07, 6.45) is 2.17. The molecule has 0 spiro atoms. The zero-order valence-electron chi connectivity index (χ0n) is 10.1. The first-order chi connectivity index (χ1) is 8.63. The second kappa shape index (κ2) is 7.38. The van der Waals surface area contributed by atoms with E-state index in [-0.39, 0.29) is 18.2 Å². The Morgan fingerprint density at radius 2 is 2.33 bits per heavy atom. The van der Waals surface area contributed by atoms with E-state index in [2.05, 4.69) is 15.6 Å². The molecular weight excluding hydrogens is 240 g/mol. The van der Waals surface area contributed by atoms with E-state index in [0.717, 1.165) is 6.42 Å². The van der Waals surface area contributed by atoms with Gasteiger partial charge in [0.05, 0.1) is 12.7 Å². The molecule has 18 heavy (non-hydrogen) atoms. The fraction of sp³-hybridized carbons (Fsp3) is 0.600. The third kappa shape index (κ3) is 4.91. The van der Waals surface area contributed by atoms with E-state index >= 15 is 0 Å². The lowest BCUT2D eigenvalue weighted by Crippen LogP contribution is -2.30. The highest BCUT2D eigenvalue weighted by Gasteiger charge is 2.08. The van der Waals surface area contributed by atoms with Gasteiger partial charge in [0.15, 0.2) is 5.69 Å². The molecule has 1 heterocycles. The molecule has 100 valence electrons. The van der Waals surface area contributed by atoms with Gasteiger partial charge in [0.2, 0.25) is 5.91 Å².